The van der Waals surface area contributed by atoms with Crippen molar-refractivity contribution < 1.29 is 18.7 Å². The van der Waals surface area contributed by atoms with Gasteiger partial charge in [0, 0.05) is 24.4 Å². The highest BCUT2D eigenvalue weighted by Crippen LogP contribution is 2.25. The number of benzene rings is 2. The third kappa shape index (κ3) is 4.71. The van der Waals surface area contributed by atoms with Crippen LogP contribution in [0.1, 0.15) is 32.9 Å². The monoisotopic (exact) mass is 428 g/mol. The molecule has 3 aromatic rings. The van der Waals surface area contributed by atoms with Crippen molar-refractivity contribution in [1.82, 2.24) is 9.78 Å². The Morgan fingerprint density at radius 3 is 2.63 bits per heavy atom. The average molecular weight is 429 g/mol. The van der Waals surface area contributed by atoms with E-state index in [-0.39, 0.29) is 17.4 Å². The van der Waals surface area contributed by atoms with Gasteiger partial charge < -0.3 is 9.47 Å². The van der Waals surface area contributed by atoms with E-state index in [1.54, 1.807) is 23.9 Å². The molecule has 0 spiro atoms. The first-order valence-electron chi connectivity index (χ1n) is 9.27. The lowest BCUT2D eigenvalue weighted by Gasteiger charge is -2.11. The van der Waals surface area contributed by atoms with E-state index in [0.717, 1.165) is 16.8 Å². The topological polar surface area (TPSA) is 53.3 Å². The quantitative estimate of drug-likeness (QED) is 0.378. The highest BCUT2D eigenvalue weighted by molar-refractivity contribution is 6.30. The van der Waals surface area contributed by atoms with Crippen molar-refractivity contribution in [3.05, 3.63) is 81.4 Å². The van der Waals surface area contributed by atoms with Crippen molar-refractivity contribution in [1.29, 1.82) is 0 Å². The van der Waals surface area contributed by atoms with E-state index in [1.165, 1.54) is 24.3 Å². The number of halogens is 2. The summed E-state index contributed by atoms with van der Waals surface area (Å²) >= 11 is 5.80. The van der Waals surface area contributed by atoms with Crippen molar-refractivity contribution in [3.63, 3.8) is 0 Å². The standard InChI is InChI=1S/C23H22ClFN2O3/c1-14-23(15(2)27(3)26-14)21(28)9-5-16-6-10-22(29-4)17(11-16)13-30-18-7-8-20(25)19(24)12-18/h5-12H,13H2,1-4H3/b9-5+. The van der Waals surface area contributed by atoms with Crippen LogP contribution in [0.4, 0.5) is 4.39 Å². The van der Waals surface area contributed by atoms with Crippen LogP contribution in [-0.4, -0.2) is 22.7 Å². The number of carbonyl (C=O) groups excluding carboxylic acids is 1. The maximum Gasteiger partial charge on any atom is 0.189 e. The van der Waals surface area contributed by atoms with Crippen LogP contribution >= 0.6 is 11.6 Å². The predicted molar refractivity (Wildman–Crippen MR) is 115 cm³/mol. The summed E-state index contributed by atoms with van der Waals surface area (Å²) in [5.74, 6) is 0.484. The summed E-state index contributed by atoms with van der Waals surface area (Å²) in [6.45, 7) is 3.88. The van der Waals surface area contributed by atoms with Gasteiger partial charge in [0.1, 0.15) is 23.9 Å². The summed E-state index contributed by atoms with van der Waals surface area (Å²) in [7, 11) is 3.38. The van der Waals surface area contributed by atoms with Crippen LogP contribution < -0.4 is 9.47 Å². The van der Waals surface area contributed by atoms with E-state index in [4.69, 9.17) is 21.1 Å². The zero-order valence-electron chi connectivity index (χ0n) is 17.2. The summed E-state index contributed by atoms with van der Waals surface area (Å²) in [5, 5.41) is 4.28. The summed E-state index contributed by atoms with van der Waals surface area (Å²) in [6, 6.07) is 9.71. The molecule has 1 aromatic heterocycles. The lowest BCUT2D eigenvalue weighted by atomic mass is 10.1. The number of aromatic nitrogens is 2. The Bertz CT molecular complexity index is 1120. The first kappa shape index (κ1) is 21.6. The van der Waals surface area contributed by atoms with Gasteiger partial charge in [0.25, 0.3) is 0 Å². The molecule has 30 heavy (non-hydrogen) atoms. The third-order valence-electron chi connectivity index (χ3n) is 4.77. The molecule has 0 amide bonds. The fourth-order valence-electron chi connectivity index (χ4n) is 3.13. The van der Waals surface area contributed by atoms with E-state index in [9.17, 15) is 9.18 Å². The van der Waals surface area contributed by atoms with Gasteiger partial charge in [0.05, 0.1) is 23.4 Å². The molecule has 5 nitrogen and oxygen atoms in total. The first-order valence-corrected chi connectivity index (χ1v) is 9.65. The molecule has 3 rings (SSSR count). The highest BCUT2D eigenvalue weighted by Gasteiger charge is 2.15. The highest BCUT2D eigenvalue weighted by atomic mass is 35.5. The molecule has 0 unspecified atom stereocenters. The second-order valence-corrected chi connectivity index (χ2v) is 7.21. The Labute approximate surface area is 179 Å². The molecular formula is C23H22ClFN2O3. The van der Waals surface area contributed by atoms with Gasteiger partial charge >= 0.3 is 0 Å². The lowest BCUT2D eigenvalue weighted by molar-refractivity contribution is 0.104. The fourth-order valence-corrected chi connectivity index (χ4v) is 3.30. The van der Waals surface area contributed by atoms with Gasteiger partial charge in [0.15, 0.2) is 5.78 Å². The Balaban J connectivity index is 1.78. The Morgan fingerprint density at radius 1 is 1.23 bits per heavy atom. The smallest absolute Gasteiger partial charge is 0.189 e. The molecule has 0 N–H and O–H groups in total. The minimum atomic E-state index is -0.502. The summed E-state index contributed by atoms with van der Waals surface area (Å²) in [6.07, 6.45) is 3.27. The Hall–Kier alpha value is -3.12. The Morgan fingerprint density at radius 2 is 2.00 bits per heavy atom. The summed E-state index contributed by atoms with van der Waals surface area (Å²) in [5.41, 5.74) is 3.73. The van der Waals surface area contributed by atoms with Crippen LogP contribution in [0.5, 0.6) is 11.5 Å². The van der Waals surface area contributed by atoms with Crippen molar-refractivity contribution in [2.45, 2.75) is 20.5 Å². The van der Waals surface area contributed by atoms with E-state index in [0.29, 0.717) is 22.8 Å². The van der Waals surface area contributed by atoms with E-state index >= 15 is 0 Å². The largest absolute Gasteiger partial charge is 0.496 e. The van der Waals surface area contributed by atoms with Crippen molar-refractivity contribution in [2.75, 3.05) is 7.11 Å². The second-order valence-electron chi connectivity index (χ2n) is 6.80. The van der Waals surface area contributed by atoms with Gasteiger partial charge in [-0.15, -0.1) is 0 Å². The van der Waals surface area contributed by atoms with Crippen molar-refractivity contribution >= 4 is 23.5 Å². The fraction of sp³-hybridized carbons (Fsp3) is 0.217. The van der Waals surface area contributed by atoms with Gasteiger partial charge in [0.2, 0.25) is 0 Å². The molecule has 0 radical (unpaired) electrons. The first-order chi connectivity index (χ1) is 14.3. The SMILES string of the molecule is COc1ccc(/C=C/C(=O)c2c(C)nn(C)c2C)cc1COc1ccc(F)c(Cl)c1. The second kappa shape index (κ2) is 9.13. The number of carbonyl (C=O) groups is 1. The summed E-state index contributed by atoms with van der Waals surface area (Å²) in [4.78, 5) is 12.6. The minimum Gasteiger partial charge on any atom is -0.496 e. The average Bonchev–Trinajstić information content (AvgIpc) is 2.98. The Kier molecular flexibility index (Phi) is 6.57. The van der Waals surface area contributed by atoms with E-state index in [1.807, 2.05) is 33.0 Å². The normalized spacial score (nSPS) is 11.1. The molecule has 0 aliphatic rings. The molecular weight excluding hydrogens is 407 g/mol. The van der Waals surface area contributed by atoms with E-state index in [2.05, 4.69) is 5.10 Å². The van der Waals surface area contributed by atoms with Crippen LogP contribution in [0.2, 0.25) is 5.02 Å². The van der Waals surface area contributed by atoms with Gasteiger partial charge in [-0.05, 0) is 49.8 Å². The van der Waals surface area contributed by atoms with Gasteiger partial charge in [-0.2, -0.15) is 5.10 Å². The number of allylic oxidation sites excluding steroid dienone is 1. The zero-order chi connectivity index (χ0) is 21.8. The van der Waals surface area contributed by atoms with Crippen LogP contribution in [0.15, 0.2) is 42.5 Å². The number of hydrogen-bond donors (Lipinski definition) is 0. The molecule has 0 fully saturated rings. The van der Waals surface area contributed by atoms with Crippen molar-refractivity contribution in [3.8, 4) is 11.5 Å². The number of nitrogens with zero attached hydrogens (tertiary/aromatic N) is 2. The van der Waals surface area contributed by atoms with Gasteiger partial charge in [-0.3, -0.25) is 9.48 Å². The molecule has 0 saturated heterocycles. The molecule has 0 saturated carbocycles. The van der Waals surface area contributed by atoms with E-state index < -0.39 is 5.82 Å². The third-order valence-corrected chi connectivity index (χ3v) is 5.06. The number of hydrogen-bond acceptors (Lipinski definition) is 4. The lowest BCUT2D eigenvalue weighted by Crippen LogP contribution is -2.00. The van der Waals surface area contributed by atoms with Crippen LogP contribution in [0, 0.1) is 19.7 Å². The molecule has 156 valence electrons. The zero-order valence-corrected chi connectivity index (χ0v) is 18.0. The molecule has 0 aliphatic heterocycles. The number of rotatable bonds is 7. The van der Waals surface area contributed by atoms with Crippen LogP contribution in [0.3, 0.4) is 0 Å². The molecule has 2 aromatic carbocycles. The molecule has 0 bridgehead atoms. The maximum atomic E-state index is 13.3. The van der Waals surface area contributed by atoms with Gasteiger partial charge in [-0.1, -0.05) is 23.7 Å². The molecule has 7 heteroatoms. The summed E-state index contributed by atoms with van der Waals surface area (Å²) < 4.78 is 26.1. The number of aryl methyl sites for hydroxylation is 2. The minimum absolute atomic E-state index is 0.00403. The van der Waals surface area contributed by atoms with Crippen LogP contribution in [0.25, 0.3) is 6.08 Å². The number of ether oxygens (including phenoxy) is 2. The van der Waals surface area contributed by atoms with Crippen molar-refractivity contribution in [2.24, 2.45) is 7.05 Å². The number of methoxy groups -OCH3 is 1. The number of ketones is 1. The molecule has 0 aliphatic carbocycles. The predicted octanol–water partition coefficient (Wildman–Crippen LogP) is 5.31. The molecule has 0 atom stereocenters. The maximum absolute atomic E-state index is 13.3. The molecule has 1 heterocycles. The van der Waals surface area contributed by atoms with Gasteiger partial charge in [-0.25, -0.2) is 4.39 Å². The van der Waals surface area contributed by atoms with Crippen LogP contribution in [-0.2, 0) is 13.7 Å².